The topological polar surface area (TPSA) is 87.2 Å². The van der Waals surface area contributed by atoms with Crippen LogP contribution in [0.1, 0.15) is 46.0 Å². The number of amides is 2. The largest absolute Gasteiger partial charge is 0.465 e. The smallest absolute Gasteiger partial charge is 0.311 e. The molecule has 0 aliphatic carbocycles. The van der Waals surface area contributed by atoms with Gasteiger partial charge in [0.15, 0.2) is 0 Å². The molecule has 0 radical (unpaired) electrons. The van der Waals surface area contributed by atoms with E-state index in [2.05, 4.69) is 0 Å². The molecule has 0 aromatic rings. The van der Waals surface area contributed by atoms with E-state index < -0.39 is 22.6 Å². The highest BCUT2D eigenvalue weighted by Gasteiger charge is 2.70. The Morgan fingerprint density at radius 2 is 1.94 bits per heavy atom. The summed E-state index contributed by atoms with van der Waals surface area (Å²) in [5.74, 6) is -1.63. The number of esters is 1. The highest BCUT2D eigenvalue weighted by molar-refractivity contribution is 8.02. The van der Waals surface area contributed by atoms with Crippen molar-refractivity contribution >= 4 is 29.5 Å². The number of cyclic esters (lactones) is 1. The van der Waals surface area contributed by atoms with E-state index in [1.807, 2.05) is 43.1 Å². The number of likely N-dealkylation sites (tertiary alicyclic amines) is 1. The average molecular weight is 463 g/mol. The molecule has 2 saturated heterocycles. The minimum absolute atomic E-state index is 0.0211. The molecule has 0 aromatic carbocycles. The van der Waals surface area contributed by atoms with Gasteiger partial charge in [-0.05, 0) is 33.1 Å². The van der Waals surface area contributed by atoms with Crippen molar-refractivity contribution in [3.05, 3.63) is 24.3 Å². The standard InChI is InChI=1S/C24H34N2O5S/c1-16(2)25-13-9-11-24-19(18-17(32-24)10-5-8-15-31-23(18)30)21(28)26(20(24)22(25)29)12-6-3-4-7-14-27/h5,9-11,16-20,27H,3-4,6-8,12-15H2,1-2H3/t17-,18+,19+,20?,24+/m1/s1. The summed E-state index contributed by atoms with van der Waals surface area (Å²) in [4.78, 5) is 44.3. The third-order valence-electron chi connectivity index (χ3n) is 7.08. The van der Waals surface area contributed by atoms with E-state index in [0.717, 1.165) is 25.7 Å². The van der Waals surface area contributed by atoms with Gasteiger partial charge in [0.1, 0.15) is 6.04 Å². The molecule has 4 heterocycles. The summed E-state index contributed by atoms with van der Waals surface area (Å²) in [6.07, 6.45) is 12.1. The number of unbranched alkanes of at least 4 members (excludes halogenated alkanes) is 3. The van der Waals surface area contributed by atoms with E-state index in [1.165, 1.54) is 0 Å². The normalized spacial score (nSPS) is 34.2. The van der Waals surface area contributed by atoms with Crippen LogP contribution in [0.3, 0.4) is 0 Å². The maximum Gasteiger partial charge on any atom is 0.311 e. The molecule has 0 aromatic heterocycles. The van der Waals surface area contributed by atoms with Gasteiger partial charge in [-0.3, -0.25) is 14.4 Å². The highest BCUT2D eigenvalue weighted by atomic mass is 32.2. The number of rotatable bonds is 7. The first kappa shape index (κ1) is 23.4. The number of hydrogen-bond donors (Lipinski definition) is 1. The van der Waals surface area contributed by atoms with E-state index in [0.29, 0.717) is 26.1 Å². The summed E-state index contributed by atoms with van der Waals surface area (Å²) in [6, 6.07) is -0.591. The molecular weight excluding hydrogens is 428 g/mol. The lowest BCUT2D eigenvalue weighted by molar-refractivity contribution is -0.153. The molecule has 7 nitrogen and oxygen atoms in total. The molecule has 0 bridgehead atoms. The molecule has 0 saturated carbocycles. The van der Waals surface area contributed by atoms with Crippen LogP contribution in [0, 0.1) is 11.8 Å². The molecule has 2 fully saturated rings. The van der Waals surface area contributed by atoms with Crippen molar-refractivity contribution in [2.75, 3.05) is 26.3 Å². The van der Waals surface area contributed by atoms with Crippen molar-refractivity contribution < 1.29 is 24.2 Å². The summed E-state index contributed by atoms with van der Waals surface area (Å²) in [6.45, 7) is 5.47. The molecule has 4 rings (SSSR count). The van der Waals surface area contributed by atoms with Crippen LogP contribution in [-0.2, 0) is 19.1 Å². The third-order valence-corrected chi connectivity index (χ3v) is 8.83. The zero-order valence-corrected chi connectivity index (χ0v) is 19.8. The van der Waals surface area contributed by atoms with E-state index in [1.54, 1.807) is 16.7 Å². The second-order valence-corrected chi connectivity index (χ2v) is 10.9. The number of nitrogens with zero attached hydrogens (tertiary/aromatic N) is 2. The van der Waals surface area contributed by atoms with Gasteiger partial charge in [0.25, 0.3) is 0 Å². The van der Waals surface area contributed by atoms with Gasteiger partial charge in [-0.15, -0.1) is 11.8 Å². The lowest BCUT2D eigenvalue weighted by Crippen LogP contribution is -2.54. The van der Waals surface area contributed by atoms with Crippen LogP contribution in [-0.4, -0.2) is 81.1 Å². The fraction of sp³-hybridized carbons (Fsp3) is 0.708. The quantitative estimate of drug-likeness (QED) is 0.354. The predicted molar refractivity (Wildman–Crippen MR) is 123 cm³/mol. The second kappa shape index (κ2) is 9.59. The van der Waals surface area contributed by atoms with Gasteiger partial charge in [0.05, 0.1) is 23.2 Å². The maximum absolute atomic E-state index is 13.8. The first-order chi connectivity index (χ1) is 15.4. The molecule has 4 aliphatic rings. The van der Waals surface area contributed by atoms with Crippen LogP contribution >= 0.6 is 11.8 Å². The summed E-state index contributed by atoms with van der Waals surface area (Å²) in [5, 5.41) is 8.86. The minimum Gasteiger partial charge on any atom is -0.465 e. The molecule has 1 N–H and O–H groups in total. The molecule has 4 aliphatic heterocycles. The lowest BCUT2D eigenvalue weighted by Gasteiger charge is -2.36. The van der Waals surface area contributed by atoms with E-state index >= 15 is 0 Å². The molecule has 8 heteroatoms. The van der Waals surface area contributed by atoms with Crippen LogP contribution in [0.15, 0.2) is 24.3 Å². The number of thioether (sulfide) groups is 1. The van der Waals surface area contributed by atoms with Crippen molar-refractivity contribution in [1.29, 1.82) is 0 Å². The highest BCUT2D eigenvalue weighted by Crippen LogP contribution is 2.60. The van der Waals surface area contributed by atoms with Crippen molar-refractivity contribution in [2.24, 2.45) is 11.8 Å². The summed E-state index contributed by atoms with van der Waals surface area (Å²) in [5.41, 5.74) is 0. The predicted octanol–water partition coefficient (Wildman–Crippen LogP) is 2.15. The van der Waals surface area contributed by atoms with Crippen molar-refractivity contribution in [2.45, 2.75) is 68.0 Å². The zero-order valence-electron chi connectivity index (χ0n) is 18.9. The van der Waals surface area contributed by atoms with Crippen molar-refractivity contribution in [1.82, 2.24) is 9.80 Å². The van der Waals surface area contributed by atoms with Gasteiger partial charge < -0.3 is 19.6 Å². The van der Waals surface area contributed by atoms with Crippen molar-refractivity contribution in [3.63, 3.8) is 0 Å². The third kappa shape index (κ3) is 3.89. The fourth-order valence-corrected chi connectivity index (χ4v) is 7.58. The molecule has 1 spiro atoms. The van der Waals surface area contributed by atoms with Gasteiger partial charge in [0, 0.05) is 31.0 Å². The van der Waals surface area contributed by atoms with E-state index in [9.17, 15) is 14.4 Å². The van der Waals surface area contributed by atoms with E-state index in [-0.39, 0.29) is 35.7 Å². The Hall–Kier alpha value is -1.80. The van der Waals surface area contributed by atoms with Crippen LogP contribution in [0.2, 0.25) is 0 Å². The fourth-order valence-electron chi connectivity index (χ4n) is 5.58. The molecular formula is C24H34N2O5S. The Morgan fingerprint density at radius 1 is 1.16 bits per heavy atom. The number of carbonyl (C=O) groups excluding carboxylic acids is 3. The lowest BCUT2D eigenvalue weighted by atomic mass is 9.78. The second-order valence-electron chi connectivity index (χ2n) is 9.38. The van der Waals surface area contributed by atoms with Gasteiger partial charge in [-0.2, -0.15) is 0 Å². The first-order valence-electron chi connectivity index (χ1n) is 11.8. The Morgan fingerprint density at radius 3 is 2.69 bits per heavy atom. The maximum atomic E-state index is 13.8. The number of aliphatic hydroxyl groups excluding tert-OH is 1. The minimum atomic E-state index is -0.758. The van der Waals surface area contributed by atoms with Crippen LogP contribution < -0.4 is 0 Å². The number of fused-ring (bicyclic) bond motifs is 2. The number of hydrogen-bond acceptors (Lipinski definition) is 6. The molecule has 32 heavy (non-hydrogen) atoms. The number of carbonyl (C=O) groups is 3. The van der Waals surface area contributed by atoms with Gasteiger partial charge in [0.2, 0.25) is 11.8 Å². The van der Waals surface area contributed by atoms with Gasteiger partial charge in [-0.25, -0.2) is 0 Å². The SMILES string of the molecule is CC(C)N1CC=C[C@]23S[C@@H]4C=CCCOC(=O)[C@@H]4[C@H]2C(=O)N(CCCCCCO)C3C1=O. The van der Waals surface area contributed by atoms with Gasteiger partial charge in [-0.1, -0.05) is 37.1 Å². The Kier molecular flexibility index (Phi) is 7.00. The Balaban J connectivity index is 1.71. The summed E-state index contributed by atoms with van der Waals surface area (Å²) < 4.78 is 4.73. The van der Waals surface area contributed by atoms with Crippen LogP contribution in [0.25, 0.3) is 0 Å². The monoisotopic (exact) mass is 462 g/mol. The van der Waals surface area contributed by atoms with Crippen molar-refractivity contribution in [3.8, 4) is 0 Å². The molecule has 5 atom stereocenters. The molecule has 2 amide bonds. The van der Waals surface area contributed by atoms with E-state index in [4.69, 9.17) is 9.84 Å². The zero-order chi connectivity index (χ0) is 22.9. The van der Waals surface area contributed by atoms with Crippen LogP contribution in [0.5, 0.6) is 0 Å². The Bertz CT molecular complexity index is 812. The first-order valence-corrected chi connectivity index (χ1v) is 12.7. The summed E-state index contributed by atoms with van der Waals surface area (Å²) >= 11 is 1.59. The molecule has 176 valence electrons. The average Bonchev–Trinajstić information content (AvgIpc) is 3.11. The number of aliphatic hydroxyl groups is 1. The van der Waals surface area contributed by atoms with Gasteiger partial charge >= 0.3 is 5.97 Å². The summed E-state index contributed by atoms with van der Waals surface area (Å²) in [7, 11) is 0. The molecule has 1 unspecified atom stereocenters. The van der Waals surface area contributed by atoms with Crippen LogP contribution in [0.4, 0.5) is 0 Å². The number of ether oxygens (including phenoxy) is 1. The Labute approximate surface area is 194 Å².